The fourth-order valence-corrected chi connectivity index (χ4v) is 1.53. The van der Waals surface area contributed by atoms with Crippen LogP contribution in [-0.4, -0.2) is 56.3 Å². The minimum atomic E-state index is -0.482. The van der Waals surface area contributed by atoms with Crippen molar-refractivity contribution in [3.05, 3.63) is 17.8 Å². The summed E-state index contributed by atoms with van der Waals surface area (Å²) in [6, 6.07) is 1.63. The van der Waals surface area contributed by atoms with Crippen molar-refractivity contribution in [1.29, 1.82) is 0 Å². The largest absolute Gasteiger partial charge is 0.493 e. The Morgan fingerprint density at radius 3 is 2.60 bits per heavy atom. The standard InChI is InChI=1S/C14H22N2O4/c1-5-18-11-7-8-15-13(20-10-9-16(3)4)12(11)14(17)19-6-2/h7-8H,5-6,9-10H2,1-4H3. The molecule has 1 rings (SSSR count). The summed E-state index contributed by atoms with van der Waals surface area (Å²) in [5.41, 5.74) is 0.245. The molecule has 0 aliphatic rings. The number of carbonyl (C=O) groups excluding carboxylic acids is 1. The molecule has 0 atom stereocenters. The van der Waals surface area contributed by atoms with Gasteiger partial charge in [0.25, 0.3) is 0 Å². The maximum Gasteiger partial charge on any atom is 0.347 e. The molecular formula is C14H22N2O4. The average Bonchev–Trinajstić information content (AvgIpc) is 2.39. The molecule has 0 bridgehead atoms. The molecule has 1 aromatic rings. The van der Waals surface area contributed by atoms with E-state index in [9.17, 15) is 4.79 Å². The molecule has 0 radical (unpaired) electrons. The van der Waals surface area contributed by atoms with Crippen LogP contribution in [-0.2, 0) is 4.74 Å². The number of nitrogens with zero attached hydrogens (tertiary/aromatic N) is 2. The third-order valence-electron chi connectivity index (χ3n) is 2.43. The lowest BCUT2D eigenvalue weighted by Crippen LogP contribution is -2.21. The summed E-state index contributed by atoms with van der Waals surface area (Å²) in [6.07, 6.45) is 1.55. The summed E-state index contributed by atoms with van der Waals surface area (Å²) in [4.78, 5) is 18.1. The van der Waals surface area contributed by atoms with Crippen LogP contribution < -0.4 is 9.47 Å². The number of pyridine rings is 1. The molecule has 0 fully saturated rings. The van der Waals surface area contributed by atoms with E-state index in [1.807, 2.05) is 25.9 Å². The van der Waals surface area contributed by atoms with Gasteiger partial charge in [0.1, 0.15) is 12.4 Å². The summed E-state index contributed by atoms with van der Waals surface area (Å²) < 4.78 is 16.0. The Morgan fingerprint density at radius 1 is 1.25 bits per heavy atom. The van der Waals surface area contributed by atoms with Gasteiger partial charge in [-0.25, -0.2) is 9.78 Å². The summed E-state index contributed by atoms with van der Waals surface area (Å²) in [7, 11) is 3.89. The number of aromatic nitrogens is 1. The summed E-state index contributed by atoms with van der Waals surface area (Å²) in [5.74, 6) is 0.195. The molecule has 0 aliphatic carbocycles. The van der Waals surface area contributed by atoms with Gasteiger partial charge in [-0.2, -0.15) is 0 Å². The first-order chi connectivity index (χ1) is 9.60. The minimum absolute atomic E-state index is 0.245. The normalized spacial score (nSPS) is 10.4. The fraction of sp³-hybridized carbons (Fsp3) is 0.571. The average molecular weight is 282 g/mol. The van der Waals surface area contributed by atoms with Crippen molar-refractivity contribution < 1.29 is 19.0 Å². The Balaban J connectivity index is 2.95. The smallest absolute Gasteiger partial charge is 0.347 e. The topological polar surface area (TPSA) is 60.9 Å². The second kappa shape index (κ2) is 8.37. The number of hydrogen-bond donors (Lipinski definition) is 0. The molecule has 0 saturated heterocycles. The van der Waals surface area contributed by atoms with Gasteiger partial charge in [-0.15, -0.1) is 0 Å². The van der Waals surface area contributed by atoms with Gasteiger partial charge in [-0.1, -0.05) is 0 Å². The highest BCUT2D eigenvalue weighted by molar-refractivity contribution is 5.94. The van der Waals surface area contributed by atoms with Crippen molar-refractivity contribution >= 4 is 5.97 Å². The van der Waals surface area contributed by atoms with Crippen LogP contribution in [0.25, 0.3) is 0 Å². The third kappa shape index (κ3) is 4.70. The second-order valence-corrected chi connectivity index (χ2v) is 4.29. The van der Waals surface area contributed by atoms with Gasteiger partial charge in [0.15, 0.2) is 5.56 Å². The molecule has 20 heavy (non-hydrogen) atoms. The first kappa shape index (κ1) is 16.2. The first-order valence-corrected chi connectivity index (χ1v) is 6.66. The molecule has 1 aromatic heterocycles. The zero-order valence-electron chi connectivity index (χ0n) is 12.5. The van der Waals surface area contributed by atoms with Crippen molar-refractivity contribution in [2.75, 3.05) is 40.5 Å². The van der Waals surface area contributed by atoms with Gasteiger partial charge < -0.3 is 19.1 Å². The van der Waals surface area contributed by atoms with E-state index in [2.05, 4.69) is 4.98 Å². The lowest BCUT2D eigenvalue weighted by molar-refractivity contribution is 0.0515. The molecule has 0 unspecified atom stereocenters. The molecule has 112 valence electrons. The molecule has 0 spiro atoms. The van der Waals surface area contributed by atoms with Crippen molar-refractivity contribution in [2.45, 2.75) is 13.8 Å². The fourth-order valence-electron chi connectivity index (χ4n) is 1.53. The number of likely N-dealkylation sites (N-methyl/N-ethyl adjacent to an activating group) is 1. The number of esters is 1. The quantitative estimate of drug-likeness (QED) is 0.675. The zero-order valence-corrected chi connectivity index (χ0v) is 12.5. The predicted molar refractivity (Wildman–Crippen MR) is 75.4 cm³/mol. The van der Waals surface area contributed by atoms with E-state index in [1.165, 1.54) is 0 Å². The Labute approximate surface area is 119 Å². The molecular weight excluding hydrogens is 260 g/mol. The monoisotopic (exact) mass is 282 g/mol. The van der Waals surface area contributed by atoms with Crippen LogP contribution in [0.5, 0.6) is 11.6 Å². The Morgan fingerprint density at radius 2 is 2.00 bits per heavy atom. The van der Waals surface area contributed by atoms with E-state index in [0.29, 0.717) is 19.0 Å². The van der Waals surface area contributed by atoms with E-state index < -0.39 is 5.97 Å². The molecule has 1 heterocycles. The number of hydrogen-bond acceptors (Lipinski definition) is 6. The molecule has 0 saturated carbocycles. The SMILES string of the molecule is CCOC(=O)c1c(OCC)ccnc1OCCN(C)C. The lowest BCUT2D eigenvalue weighted by atomic mass is 10.2. The molecule has 6 nitrogen and oxygen atoms in total. The highest BCUT2D eigenvalue weighted by Crippen LogP contribution is 2.27. The van der Waals surface area contributed by atoms with Crippen LogP contribution in [0.3, 0.4) is 0 Å². The van der Waals surface area contributed by atoms with E-state index in [4.69, 9.17) is 14.2 Å². The van der Waals surface area contributed by atoms with Crippen molar-refractivity contribution in [3.63, 3.8) is 0 Å². The van der Waals surface area contributed by atoms with Gasteiger partial charge in [-0.05, 0) is 34.0 Å². The Kier molecular flexibility index (Phi) is 6.79. The molecule has 0 N–H and O–H groups in total. The molecule has 6 heteroatoms. The van der Waals surface area contributed by atoms with Gasteiger partial charge in [0, 0.05) is 12.7 Å². The first-order valence-electron chi connectivity index (χ1n) is 6.66. The van der Waals surface area contributed by atoms with E-state index >= 15 is 0 Å². The highest BCUT2D eigenvalue weighted by Gasteiger charge is 2.21. The predicted octanol–water partition coefficient (Wildman–Crippen LogP) is 1.60. The summed E-state index contributed by atoms with van der Waals surface area (Å²) >= 11 is 0. The van der Waals surface area contributed by atoms with Gasteiger partial charge in [-0.3, -0.25) is 0 Å². The molecule has 0 amide bonds. The van der Waals surface area contributed by atoms with E-state index in [0.717, 1.165) is 6.54 Å². The molecule has 0 aliphatic heterocycles. The Hall–Kier alpha value is -1.82. The summed E-state index contributed by atoms with van der Waals surface area (Å²) in [5, 5.41) is 0. The van der Waals surface area contributed by atoms with Crippen molar-refractivity contribution in [2.24, 2.45) is 0 Å². The summed E-state index contributed by atoms with van der Waals surface area (Å²) in [6.45, 7) is 5.50. The van der Waals surface area contributed by atoms with Crippen LogP contribution in [0.2, 0.25) is 0 Å². The van der Waals surface area contributed by atoms with Crippen molar-refractivity contribution in [1.82, 2.24) is 9.88 Å². The maximum atomic E-state index is 12.0. The minimum Gasteiger partial charge on any atom is -0.493 e. The van der Waals surface area contributed by atoms with Crippen LogP contribution in [0.15, 0.2) is 12.3 Å². The maximum absolute atomic E-state index is 12.0. The van der Waals surface area contributed by atoms with Gasteiger partial charge in [0.2, 0.25) is 5.88 Å². The Bertz CT molecular complexity index is 435. The third-order valence-corrected chi connectivity index (χ3v) is 2.43. The highest BCUT2D eigenvalue weighted by atomic mass is 16.5. The lowest BCUT2D eigenvalue weighted by Gasteiger charge is -2.15. The van der Waals surface area contributed by atoms with Crippen LogP contribution in [0, 0.1) is 0 Å². The van der Waals surface area contributed by atoms with Crippen molar-refractivity contribution in [3.8, 4) is 11.6 Å². The van der Waals surface area contributed by atoms with E-state index in [1.54, 1.807) is 19.2 Å². The van der Waals surface area contributed by atoms with Gasteiger partial charge >= 0.3 is 5.97 Å². The zero-order chi connectivity index (χ0) is 15.0. The second-order valence-electron chi connectivity index (χ2n) is 4.29. The molecule has 0 aromatic carbocycles. The van der Waals surface area contributed by atoms with Crippen LogP contribution >= 0.6 is 0 Å². The number of carbonyl (C=O) groups is 1. The van der Waals surface area contributed by atoms with Crippen LogP contribution in [0.4, 0.5) is 0 Å². The van der Waals surface area contributed by atoms with Gasteiger partial charge in [0.05, 0.1) is 13.2 Å². The number of ether oxygens (including phenoxy) is 3. The number of rotatable bonds is 8. The van der Waals surface area contributed by atoms with Crippen LogP contribution in [0.1, 0.15) is 24.2 Å². The van der Waals surface area contributed by atoms with E-state index in [-0.39, 0.29) is 18.1 Å².